The van der Waals surface area contributed by atoms with Crippen molar-refractivity contribution < 1.29 is 9.47 Å². The van der Waals surface area contributed by atoms with E-state index in [1.165, 1.54) is 5.56 Å². The highest BCUT2D eigenvalue weighted by molar-refractivity contribution is 5.60. The van der Waals surface area contributed by atoms with Gasteiger partial charge in [-0.05, 0) is 19.1 Å². The van der Waals surface area contributed by atoms with E-state index >= 15 is 0 Å². The molecule has 4 aromatic rings. The second-order valence-electron chi connectivity index (χ2n) is 8.03. The lowest BCUT2D eigenvalue weighted by atomic mass is 10.1. The van der Waals surface area contributed by atoms with Gasteiger partial charge in [0.15, 0.2) is 5.82 Å². The van der Waals surface area contributed by atoms with Gasteiger partial charge in [-0.1, -0.05) is 23.8 Å². The summed E-state index contributed by atoms with van der Waals surface area (Å²) in [5.41, 5.74) is 3.16. The van der Waals surface area contributed by atoms with Crippen LogP contribution < -0.4 is 9.64 Å². The predicted octanol–water partition coefficient (Wildman–Crippen LogP) is 2.83. The normalized spacial score (nSPS) is 13.9. The molecule has 9 nitrogen and oxygen atoms in total. The molecule has 0 bridgehead atoms. The number of aryl methyl sites for hydroxylation is 2. The molecule has 170 valence electrons. The van der Waals surface area contributed by atoms with E-state index in [9.17, 15) is 0 Å². The molecule has 0 aliphatic carbocycles. The van der Waals surface area contributed by atoms with Gasteiger partial charge in [0, 0.05) is 56.8 Å². The van der Waals surface area contributed by atoms with Crippen LogP contribution in [0.4, 0.5) is 5.82 Å². The van der Waals surface area contributed by atoms with Crippen LogP contribution >= 0.6 is 0 Å². The fraction of sp³-hybridized carbons (Fsp3) is 0.333. The Morgan fingerprint density at radius 1 is 1.03 bits per heavy atom. The largest absolute Gasteiger partial charge is 0.463 e. The first-order valence-electron chi connectivity index (χ1n) is 11.1. The third kappa shape index (κ3) is 4.88. The van der Waals surface area contributed by atoms with Gasteiger partial charge in [-0.25, -0.2) is 9.67 Å². The number of anilines is 1. The van der Waals surface area contributed by atoms with E-state index in [2.05, 4.69) is 45.0 Å². The summed E-state index contributed by atoms with van der Waals surface area (Å²) in [5, 5.41) is 4.77. The van der Waals surface area contributed by atoms with E-state index in [1.54, 1.807) is 10.9 Å². The number of hydrogen-bond acceptors (Lipinski definition) is 7. The van der Waals surface area contributed by atoms with Crippen molar-refractivity contribution in [3.05, 3.63) is 66.4 Å². The molecule has 0 atom stereocenters. The molecule has 5 rings (SSSR count). The average Bonchev–Trinajstić information content (AvgIpc) is 3.49. The number of nitrogens with zero attached hydrogens (tertiary/aromatic N) is 7. The Balaban J connectivity index is 1.42. The van der Waals surface area contributed by atoms with Gasteiger partial charge in [0.05, 0.1) is 25.5 Å². The molecule has 3 aromatic heterocycles. The number of aromatic nitrogens is 6. The van der Waals surface area contributed by atoms with E-state index in [0.717, 1.165) is 36.0 Å². The summed E-state index contributed by atoms with van der Waals surface area (Å²) in [5.74, 6) is 2.43. The maximum atomic E-state index is 5.96. The summed E-state index contributed by atoms with van der Waals surface area (Å²) in [7, 11) is 1.97. The molecule has 1 aliphatic heterocycles. The first-order valence-corrected chi connectivity index (χ1v) is 11.1. The molecule has 0 amide bonds. The quantitative estimate of drug-likeness (QED) is 0.433. The zero-order valence-corrected chi connectivity index (χ0v) is 18.9. The van der Waals surface area contributed by atoms with Gasteiger partial charge in [-0.2, -0.15) is 15.1 Å². The molecule has 1 aliphatic rings. The smallest absolute Gasteiger partial charge is 0.320 e. The van der Waals surface area contributed by atoms with Crippen LogP contribution in [0.1, 0.15) is 11.4 Å². The lowest BCUT2D eigenvalue weighted by molar-refractivity contribution is 0.122. The van der Waals surface area contributed by atoms with Crippen LogP contribution in [0, 0.1) is 6.92 Å². The molecule has 1 fully saturated rings. The number of imidazole rings is 1. The monoisotopic (exact) mass is 445 g/mol. The molecule has 0 N–H and O–H groups in total. The number of ether oxygens (including phenoxy) is 2. The van der Waals surface area contributed by atoms with E-state index in [0.29, 0.717) is 38.1 Å². The summed E-state index contributed by atoms with van der Waals surface area (Å²) in [4.78, 5) is 15.8. The molecule has 0 radical (unpaired) electrons. The Bertz CT molecular complexity index is 1230. The Kier molecular flexibility index (Phi) is 6.03. The summed E-state index contributed by atoms with van der Waals surface area (Å²) < 4.78 is 15.2. The van der Waals surface area contributed by atoms with Crippen molar-refractivity contribution in [3.8, 4) is 23.1 Å². The standard InChI is InChI=1S/C24H27N7O2/c1-18-4-3-5-19(16-18)20-6-9-31(28-20)23-17-22(30-11-14-32-15-12-30)26-24(27-23)33-13-7-21-25-8-10-29(21)2/h3-6,8-10,16-17H,7,11-15H2,1-2H3. The molecule has 0 saturated carbocycles. The van der Waals surface area contributed by atoms with Gasteiger partial charge in [-0.3, -0.25) is 0 Å². The molecule has 0 spiro atoms. The third-order valence-electron chi connectivity index (χ3n) is 5.63. The Morgan fingerprint density at radius 2 is 1.88 bits per heavy atom. The van der Waals surface area contributed by atoms with Crippen LogP contribution in [-0.2, 0) is 18.2 Å². The number of rotatable bonds is 7. The van der Waals surface area contributed by atoms with Crippen molar-refractivity contribution in [1.82, 2.24) is 29.3 Å². The molecule has 0 unspecified atom stereocenters. The van der Waals surface area contributed by atoms with Crippen LogP contribution in [0.3, 0.4) is 0 Å². The molecular formula is C24H27N7O2. The van der Waals surface area contributed by atoms with Crippen molar-refractivity contribution in [2.45, 2.75) is 13.3 Å². The highest BCUT2D eigenvalue weighted by Crippen LogP contribution is 2.23. The van der Waals surface area contributed by atoms with Crippen LogP contribution in [0.2, 0.25) is 0 Å². The first kappa shape index (κ1) is 21.1. The fourth-order valence-corrected chi connectivity index (χ4v) is 3.82. The summed E-state index contributed by atoms with van der Waals surface area (Å²) in [6.45, 7) is 5.41. The fourth-order valence-electron chi connectivity index (χ4n) is 3.82. The molecule has 1 aromatic carbocycles. The minimum Gasteiger partial charge on any atom is -0.463 e. The van der Waals surface area contributed by atoms with Crippen LogP contribution in [-0.4, -0.2) is 62.2 Å². The SMILES string of the molecule is Cc1cccc(-c2ccn(-c3cc(N4CCOCC4)nc(OCCc4nccn4C)n3)n2)c1. The second kappa shape index (κ2) is 9.41. The van der Waals surface area contributed by atoms with Crippen molar-refractivity contribution in [2.24, 2.45) is 7.05 Å². The molecule has 33 heavy (non-hydrogen) atoms. The van der Waals surface area contributed by atoms with Crippen LogP contribution in [0.25, 0.3) is 17.1 Å². The molecular weight excluding hydrogens is 418 g/mol. The number of benzene rings is 1. The second-order valence-corrected chi connectivity index (χ2v) is 8.03. The van der Waals surface area contributed by atoms with E-state index in [-0.39, 0.29) is 0 Å². The Labute approximate surface area is 192 Å². The van der Waals surface area contributed by atoms with Gasteiger partial charge >= 0.3 is 6.01 Å². The minimum atomic E-state index is 0.329. The highest BCUT2D eigenvalue weighted by Gasteiger charge is 2.17. The van der Waals surface area contributed by atoms with E-state index in [4.69, 9.17) is 14.6 Å². The molecule has 1 saturated heterocycles. The lowest BCUT2D eigenvalue weighted by Gasteiger charge is -2.28. The van der Waals surface area contributed by atoms with Crippen molar-refractivity contribution in [1.29, 1.82) is 0 Å². The zero-order chi connectivity index (χ0) is 22.6. The highest BCUT2D eigenvalue weighted by atomic mass is 16.5. The molecule has 4 heterocycles. The molecule has 9 heteroatoms. The summed E-state index contributed by atoms with van der Waals surface area (Å²) in [6, 6.07) is 12.6. The van der Waals surface area contributed by atoms with Gasteiger partial charge < -0.3 is 18.9 Å². The Hall–Kier alpha value is -3.72. The minimum absolute atomic E-state index is 0.329. The summed E-state index contributed by atoms with van der Waals surface area (Å²) in [6.07, 6.45) is 6.29. The average molecular weight is 446 g/mol. The Morgan fingerprint density at radius 3 is 2.67 bits per heavy atom. The number of morpholine rings is 1. The third-order valence-corrected chi connectivity index (χ3v) is 5.63. The van der Waals surface area contributed by atoms with Gasteiger partial charge in [0.25, 0.3) is 0 Å². The van der Waals surface area contributed by atoms with Crippen LogP contribution in [0.5, 0.6) is 6.01 Å². The van der Waals surface area contributed by atoms with Crippen LogP contribution in [0.15, 0.2) is 55.0 Å². The van der Waals surface area contributed by atoms with Gasteiger partial charge in [0.1, 0.15) is 11.6 Å². The van der Waals surface area contributed by atoms with Gasteiger partial charge in [0.2, 0.25) is 0 Å². The van der Waals surface area contributed by atoms with E-state index < -0.39 is 0 Å². The van der Waals surface area contributed by atoms with E-state index in [1.807, 2.05) is 42.2 Å². The number of hydrogen-bond donors (Lipinski definition) is 0. The predicted molar refractivity (Wildman–Crippen MR) is 125 cm³/mol. The van der Waals surface area contributed by atoms with Crippen molar-refractivity contribution in [2.75, 3.05) is 37.8 Å². The zero-order valence-electron chi connectivity index (χ0n) is 18.9. The first-order chi connectivity index (χ1) is 16.2. The topological polar surface area (TPSA) is 83.1 Å². The maximum Gasteiger partial charge on any atom is 0.320 e. The maximum absolute atomic E-state index is 5.96. The van der Waals surface area contributed by atoms with Crippen molar-refractivity contribution >= 4 is 5.82 Å². The lowest BCUT2D eigenvalue weighted by Crippen LogP contribution is -2.37. The summed E-state index contributed by atoms with van der Waals surface area (Å²) >= 11 is 0. The van der Waals surface area contributed by atoms with Gasteiger partial charge in [-0.15, -0.1) is 0 Å². The van der Waals surface area contributed by atoms with Crippen molar-refractivity contribution in [3.63, 3.8) is 0 Å².